The highest BCUT2D eigenvalue weighted by Crippen LogP contribution is 2.13. The molecule has 1 rings (SSSR count). The molecule has 1 heterocycles. The van der Waals surface area contributed by atoms with E-state index in [4.69, 9.17) is 9.84 Å². The number of anilines is 1. The lowest BCUT2D eigenvalue weighted by atomic mass is 10.1. The van der Waals surface area contributed by atoms with Gasteiger partial charge in [0.25, 0.3) is 0 Å². The lowest BCUT2D eigenvalue weighted by Gasteiger charge is -2.22. The van der Waals surface area contributed by atoms with Crippen LogP contribution in [0.1, 0.15) is 24.3 Å². The molecule has 17 heavy (non-hydrogen) atoms. The summed E-state index contributed by atoms with van der Waals surface area (Å²) in [6.07, 6.45) is 1.48. The maximum Gasteiger partial charge on any atom is 0.354 e. The molecule has 0 fully saturated rings. The zero-order valence-corrected chi connectivity index (χ0v) is 10.3. The molecule has 1 atom stereocenters. The Morgan fingerprint density at radius 3 is 2.82 bits per heavy atom. The first-order chi connectivity index (χ1) is 8.04. The summed E-state index contributed by atoms with van der Waals surface area (Å²) >= 11 is 0. The molecule has 1 aromatic rings. The topological polar surface area (TPSA) is 71.5 Å². The largest absolute Gasteiger partial charge is 0.477 e. The van der Waals surface area contributed by atoms with Crippen LogP contribution in [-0.2, 0) is 4.74 Å². The highest BCUT2D eigenvalue weighted by atomic mass is 16.5. The van der Waals surface area contributed by atoms with Crippen LogP contribution in [0.5, 0.6) is 0 Å². The van der Waals surface area contributed by atoms with E-state index >= 15 is 0 Å². The number of rotatable bonds is 6. The second kappa shape index (κ2) is 6.20. The van der Waals surface area contributed by atoms with Gasteiger partial charge in [-0.05, 0) is 18.1 Å². The van der Waals surface area contributed by atoms with Gasteiger partial charge in [-0.3, -0.25) is 0 Å². The van der Waals surface area contributed by atoms with Crippen LogP contribution in [0.2, 0.25) is 0 Å². The van der Waals surface area contributed by atoms with Gasteiger partial charge in [-0.15, -0.1) is 0 Å². The van der Waals surface area contributed by atoms with Crippen LogP contribution >= 0.6 is 0 Å². The van der Waals surface area contributed by atoms with Crippen LogP contribution in [0.15, 0.2) is 18.3 Å². The monoisotopic (exact) mass is 238 g/mol. The van der Waals surface area contributed by atoms with Gasteiger partial charge in [-0.1, -0.05) is 13.8 Å². The molecule has 0 amide bonds. The summed E-state index contributed by atoms with van der Waals surface area (Å²) in [4.78, 5) is 14.5. The molecule has 0 saturated carbocycles. The summed E-state index contributed by atoms with van der Waals surface area (Å²) < 4.78 is 5.12. The Morgan fingerprint density at radius 2 is 2.29 bits per heavy atom. The van der Waals surface area contributed by atoms with Gasteiger partial charge in [-0.2, -0.15) is 0 Å². The Hall–Kier alpha value is -1.62. The van der Waals surface area contributed by atoms with E-state index in [-0.39, 0.29) is 11.7 Å². The van der Waals surface area contributed by atoms with Crippen molar-refractivity contribution in [1.29, 1.82) is 0 Å². The number of carboxylic acids is 1. The smallest absolute Gasteiger partial charge is 0.354 e. The van der Waals surface area contributed by atoms with Gasteiger partial charge in [0, 0.05) is 19.0 Å². The Labute approximate surface area is 101 Å². The Balaban J connectivity index is 2.78. The summed E-state index contributed by atoms with van der Waals surface area (Å²) in [5, 5.41) is 12.1. The molecule has 0 aliphatic rings. The van der Waals surface area contributed by atoms with Crippen molar-refractivity contribution in [3.8, 4) is 0 Å². The van der Waals surface area contributed by atoms with Crippen molar-refractivity contribution >= 4 is 11.7 Å². The first-order valence-electron chi connectivity index (χ1n) is 5.49. The van der Waals surface area contributed by atoms with Crippen LogP contribution in [0.3, 0.4) is 0 Å². The lowest BCUT2D eigenvalue weighted by Crippen LogP contribution is -2.30. The number of hydrogen-bond acceptors (Lipinski definition) is 4. The molecule has 0 spiro atoms. The van der Waals surface area contributed by atoms with Gasteiger partial charge >= 0.3 is 5.97 Å². The minimum absolute atomic E-state index is 0.0370. The van der Waals surface area contributed by atoms with Crippen LogP contribution in [-0.4, -0.2) is 35.8 Å². The quantitative estimate of drug-likeness (QED) is 0.791. The molecular formula is C12H18N2O3. The van der Waals surface area contributed by atoms with Crippen LogP contribution in [0.25, 0.3) is 0 Å². The molecule has 0 aliphatic heterocycles. The third-order valence-electron chi connectivity index (χ3n) is 2.48. The van der Waals surface area contributed by atoms with Crippen molar-refractivity contribution in [2.24, 2.45) is 5.92 Å². The minimum atomic E-state index is -1.03. The molecule has 0 bridgehead atoms. The first-order valence-corrected chi connectivity index (χ1v) is 5.49. The van der Waals surface area contributed by atoms with Crippen LogP contribution in [0.4, 0.5) is 5.69 Å². The third kappa shape index (κ3) is 4.03. The standard InChI is InChI=1S/C12H18N2O3/c1-8(2)11(7-17-3)14-9-4-5-13-10(6-9)12(15)16/h4-6,8,11H,7H2,1-3H3,(H,13,14)(H,15,16). The zero-order valence-electron chi connectivity index (χ0n) is 10.3. The molecule has 0 saturated heterocycles. The number of pyridine rings is 1. The SMILES string of the molecule is COCC(Nc1ccnc(C(=O)O)c1)C(C)C. The summed E-state index contributed by atoms with van der Waals surface area (Å²) in [6.45, 7) is 4.73. The molecule has 5 heteroatoms. The van der Waals surface area contributed by atoms with Gasteiger partial charge in [0.1, 0.15) is 5.69 Å². The van der Waals surface area contributed by atoms with Gasteiger partial charge in [0.05, 0.1) is 12.6 Å². The molecule has 5 nitrogen and oxygen atoms in total. The zero-order chi connectivity index (χ0) is 12.8. The summed E-state index contributed by atoms with van der Waals surface area (Å²) in [7, 11) is 1.65. The van der Waals surface area contributed by atoms with Crippen molar-refractivity contribution in [2.75, 3.05) is 19.0 Å². The predicted molar refractivity (Wildman–Crippen MR) is 65.3 cm³/mol. The highest BCUT2D eigenvalue weighted by molar-refractivity contribution is 5.86. The van der Waals surface area contributed by atoms with E-state index in [9.17, 15) is 4.79 Å². The van der Waals surface area contributed by atoms with E-state index < -0.39 is 5.97 Å². The number of aromatic carboxylic acids is 1. The number of nitrogens with zero attached hydrogens (tertiary/aromatic N) is 1. The van der Waals surface area contributed by atoms with Crippen molar-refractivity contribution in [3.05, 3.63) is 24.0 Å². The number of aromatic nitrogens is 1. The molecular weight excluding hydrogens is 220 g/mol. The lowest BCUT2D eigenvalue weighted by molar-refractivity contribution is 0.0690. The second-order valence-electron chi connectivity index (χ2n) is 4.19. The fourth-order valence-corrected chi connectivity index (χ4v) is 1.43. The van der Waals surface area contributed by atoms with E-state index in [1.54, 1.807) is 13.2 Å². The van der Waals surface area contributed by atoms with Crippen LogP contribution < -0.4 is 5.32 Å². The van der Waals surface area contributed by atoms with E-state index in [1.807, 2.05) is 0 Å². The molecule has 0 aromatic carbocycles. The van der Waals surface area contributed by atoms with E-state index in [1.165, 1.54) is 12.3 Å². The third-order valence-corrected chi connectivity index (χ3v) is 2.48. The number of carbonyl (C=O) groups is 1. The number of nitrogens with one attached hydrogen (secondary N) is 1. The summed E-state index contributed by atoms with van der Waals surface area (Å²) in [5.74, 6) is -0.641. The number of ether oxygens (including phenoxy) is 1. The summed E-state index contributed by atoms with van der Waals surface area (Å²) in [6, 6.07) is 3.41. The average Bonchev–Trinajstić information content (AvgIpc) is 2.28. The Bertz CT molecular complexity index is 380. The number of carboxylic acid groups (broad SMARTS) is 1. The van der Waals surface area contributed by atoms with Crippen LogP contribution in [0, 0.1) is 5.92 Å². The van der Waals surface area contributed by atoms with E-state index in [2.05, 4.69) is 24.1 Å². The van der Waals surface area contributed by atoms with Gasteiger partial charge in [0.15, 0.2) is 0 Å². The average molecular weight is 238 g/mol. The normalized spacial score (nSPS) is 12.5. The van der Waals surface area contributed by atoms with Gasteiger partial charge in [0.2, 0.25) is 0 Å². The molecule has 94 valence electrons. The molecule has 0 radical (unpaired) electrons. The molecule has 2 N–H and O–H groups in total. The molecule has 0 aliphatic carbocycles. The fourth-order valence-electron chi connectivity index (χ4n) is 1.43. The summed E-state index contributed by atoms with van der Waals surface area (Å²) in [5.41, 5.74) is 0.781. The highest BCUT2D eigenvalue weighted by Gasteiger charge is 2.13. The molecule has 1 aromatic heterocycles. The Kier molecular flexibility index (Phi) is 4.90. The van der Waals surface area contributed by atoms with Crippen molar-refractivity contribution < 1.29 is 14.6 Å². The minimum Gasteiger partial charge on any atom is -0.477 e. The van der Waals surface area contributed by atoms with Crippen molar-refractivity contribution in [1.82, 2.24) is 4.98 Å². The second-order valence-corrected chi connectivity index (χ2v) is 4.19. The van der Waals surface area contributed by atoms with E-state index in [0.29, 0.717) is 12.5 Å². The van der Waals surface area contributed by atoms with Gasteiger partial charge in [-0.25, -0.2) is 9.78 Å². The number of methoxy groups -OCH3 is 1. The van der Waals surface area contributed by atoms with E-state index in [0.717, 1.165) is 5.69 Å². The predicted octanol–water partition coefficient (Wildman–Crippen LogP) is 1.86. The van der Waals surface area contributed by atoms with Crippen molar-refractivity contribution in [3.63, 3.8) is 0 Å². The Morgan fingerprint density at radius 1 is 1.59 bits per heavy atom. The first kappa shape index (κ1) is 13.4. The van der Waals surface area contributed by atoms with Gasteiger partial charge < -0.3 is 15.2 Å². The molecule has 1 unspecified atom stereocenters. The maximum atomic E-state index is 10.8. The maximum absolute atomic E-state index is 10.8. The number of hydrogen-bond donors (Lipinski definition) is 2. The fraction of sp³-hybridized carbons (Fsp3) is 0.500. The van der Waals surface area contributed by atoms with Crippen molar-refractivity contribution in [2.45, 2.75) is 19.9 Å².